The minimum absolute atomic E-state index is 0.00251. The van der Waals surface area contributed by atoms with Crippen molar-refractivity contribution in [3.8, 4) is 0 Å². The lowest BCUT2D eigenvalue weighted by Gasteiger charge is -2.36. The Bertz CT molecular complexity index is 982. The maximum atomic E-state index is 14.1. The average molecular weight is 531 g/mol. The molecule has 212 valence electrons. The second kappa shape index (κ2) is 14.2. The summed E-state index contributed by atoms with van der Waals surface area (Å²) in [5.41, 5.74) is 7.29. The first-order valence-corrected chi connectivity index (χ1v) is 13.8. The molecule has 0 saturated heterocycles. The molecule has 0 aliphatic heterocycles. The molecule has 1 aliphatic carbocycles. The van der Waals surface area contributed by atoms with Gasteiger partial charge >= 0.3 is 6.09 Å². The van der Waals surface area contributed by atoms with E-state index in [9.17, 15) is 19.2 Å². The number of nitrogens with zero attached hydrogens (tertiary/aromatic N) is 1. The van der Waals surface area contributed by atoms with Gasteiger partial charge in [0.25, 0.3) is 0 Å². The smallest absolute Gasteiger partial charge is 0.408 e. The molecule has 0 heterocycles. The summed E-state index contributed by atoms with van der Waals surface area (Å²) in [6.45, 7) is 11.3. The normalized spacial score (nSPS) is 15.7. The van der Waals surface area contributed by atoms with Crippen molar-refractivity contribution in [3.05, 3.63) is 34.9 Å². The Labute approximate surface area is 227 Å². The Morgan fingerprint density at radius 1 is 1.11 bits per heavy atom. The first-order valence-electron chi connectivity index (χ1n) is 13.8. The van der Waals surface area contributed by atoms with Gasteiger partial charge in [-0.05, 0) is 71.4 Å². The van der Waals surface area contributed by atoms with Crippen molar-refractivity contribution in [1.82, 2.24) is 15.5 Å². The van der Waals surface area contributed by atoms with Crippen LogP contribution in [0.25, 0.3) is 0 Å². The monoisotopic (exact) mass is 530 g/mol. The third-order valence-electron chi connectivity index (χ3n) is 6.65. The fraction of sp³-hybridized carbons (Fsp3) is 0.655. The molecule has 1 aliphatic rings. The fourth-order valence-corrected chi connectivity index (χ4v) is 4.91. The molecular formula is C29H46N4O5. The second-order valence-corrected chi connectivity index (χ2v) is 11.3. The zero-order valence-corrected chi connectivity index (χ0v) is 23.9. The highest BCUT2D eigenvalue weighted by atomic mass is 16.6. The predicted octanol–water partition coefficient (Wildman–Crippen LogP) is 4.19. The van der Waals surface area contributed by atoms with Crippen molar-refractivity contribution in [2.75, 3.05) is 6.54 Å². The molecule has 0 aromatic heterocycles. The van der Waals surface area contributed by atoms with Crippen molar-refractivity contribution in [2.24, 2.45) is 5.73 Å². The molecular weight excluding hydrogens is 484 g/mol. The SMILES string of the molecule is CCCN(C(=O)C(CCC(N)=O)NC(=O)OC(C)(C)C)C(C(=O)NC1CCCCC1)c1ccc(C)cc1C. The number of alkyl carbamates (subject to hydrolysis) is 1. The van der Waals surface area contributed by atoms with Gasteiger partial charge in [-0.3, -0.25) is 14.4 Å². The molecule has 9 nitrogen and oxygen atoms in total. The Kier molecular flexibility index (Phi) is 11.6. The molecule has 1 saturated carbocycles. The van der Waals surface area contributed by atoms with Crippen LogP contribution >= 0.6 is 0 Å². The Balaban J connectivity index is 2.47. The van der Waals surface area contributed by atoms with Gasteiger partial charge in [0.15, 0.2) is 0 Å². The molecule has 4 amide bonds. The number of hydrogen-bond donors (Lipinski definition) is 3. The van der Waals surface area contributed by atoms with Gasteiger partial charge in [-0.25, -0.2) is 4.79 Å². The number of nitrogens with one attached hydrogen (secondary N) is 2. The van der Waals surface area contributed by atoms with Crippen molar-refractivity contribution < 1.29 is 23.9 Å². The highest BCUT2D eigenvalue weighted by Crippen LogP contribution is 2.28. The van der Waals surface area contributed by atoms with Gasteiger partial charge in [-0.1, -0.05) is 49.9 Å². The summed E-state index contributed by atoms with van der Waals surface area (Å²) < 4.78 is 5.37. The van der Waals surface area contributed by atoms with E-state index in [0.717, 1.165) is 48.8 Å². The van der Waals surface area contributed by atoms with Crippen LogP contribution in [0.5, 0.6) is 0 Å². The van der Waals surface area contributed by atoms with Gasteiger partial charge < -0.3 is 26.0 Å². The van der Waals surface area contributed by atoms with Crippen LogP contribution in [0, 0.1) is 13.8 Å². The molecule has 38 heavy (non-hydrogen) atoms. The summed E-state index contributed by atoms with van der Waals surface area (Å²) in [5.74, 6) is -1.28. The van der Waals surface area contributed by atoms with Crippen LogP contribution in [-0.2, 0) is 19.1 Å². The number of nitrogens with two attached hydrogens (primary N) is 1. The largest absolute Gasteiger partial charge is 0.444 e. The molecule has 2 rings (SSSR count). The molecule has 1 fully saturated rings. The highest BCUT2D eigenvalue weighted by molar-refractivity contribution is 5.92. The summed E-state index contributed by atoms with van der Waals surface area (Å²) in [6.07, 6.45) is 4.82. The predicted molar refractivity (Wildman–Crippen MR) is 147 cm³/mol. The summed E-state index contributed by atoms with van der Waals surface area (Å²) in [5, 5.41) is 5.82. The molecule has 1 aromatic rings. The number of amides is 4. The summed E-state index contributed by atoms with van der Waals surface area (Å²) in [7, 11) is 0. The number of hydrogen-bond acceptors (Lipinski definition) is 5. The molecule has 0 bridgehead atoms. The van der Waals surface area contributed by atoms with Crippen LogP contribution in [0.1, 0.15) is 102 Å². The molecule has 2 unspecified atom stereocenters. The van der Waals surface area contributed by atoms with Crippen molar-refractivity contribution in [3.63, 3.8) is 0 Å². The molecule has 9 heteroatoms. The number of benzene rings is 1. The lowest BCUT2D eigenvalue weighted by molar-refractivity contribution is -0.143. The van der Waals surface area contributed by atoms with Crippen molar-refractivity contribution in [1.29, 1.82) is 0 Å². The summed E-state index contributed by atoms with van der Waals surface area (Å²) >= 11 is 0. The lowest BCUT2D eigenvalue weighted by Crippen LogP contribution is -2.54. The van der Waals surface area contributed by atoms with Gasteiger partial charge in [0.1, 0.15) is 17.7 Å². The number of primary amides is 1. The quantitative estimate of drug-likeness (QED) is 0.395. The summed E-state index contributed by atoms with van der Waals surface area (Å²) in [4.78, 5) is 53.7. The van der Waals surface area contributed by atoms with Crippen LogP contribution in [0.15, 0.2) is 18.2 Å². The molecule has 4 N–H and O–H groups in total. The van der Waals surface area contributed by atoms with E-state index in [1.54, 1.807) is 20.8 Å². The topological polar surface area (TPSA) is 131 Å². The van der Waals surface area contributed by atoms with Crippen molar-refractivity contribution >= 4 is 23.8 Å². The first kappa shape index (κ1) is 31.1. The van der Waals surface area contributed by atoms with Crippen molar-refractivity contribution in [2.45, 2.75) is 117 Å². The lowest BCUT2D eigenvalue weighted by atomic mass is 9.93. The van der Waals surface area contributed by atoms with E-state index in [-0.39, 0.29) is 31.3 Å². The van der Waals surface area contributed by atoms with Crippen LogP contribution in [0.2, 0.25) is 0 Å². The third kappa shape index (κ3) is 9.65. The maximum absolute atomic E-state index is 14.1. The second-order valence-electron chi connectivity index (χ2n) is 11.3. The minimum atomic E-state index is -1.08. The van der Waals surface area contributed by atoms with Gasteiger partial charge in [0.05, 0.1) is 0 Å². The molecule has 1 aromatic carbocycles. The number of aryl methyl sites for hydroxylation is 2. The number of carbonyl (C=O) groups excluding carboxylic acids is 4. The minimum Gasteiger partial charge on any atom is -0.444 e. The number of ether oxygens (including phenoxy) is 1. The Morgan fingerprint density at radius 2 is 1.76 bits per heavy atom. The van der Waals surface area contributed by atoms with Gasteiger partial charge in [0.2, 0.25) is 17.7 Å². The Morgan fingerprint density at radius 3 is 2.32 bits per heavy atom. The van der Waals surface area contributed by atoms with E-state index in [4.69, 9.17) is 10.5 Å². The zero-order chi connectivity index (χ0) is 28.5. The molecule has 2 atom stereocenters. The summed E-state index contributed by atoms with van der Waals surface area (Å²) in [6, 6.07) is 3.91. The number of carbonyl (C=O) groups is 4. The standard InChI is InChI=1S/C29H46N4O5/c1-7-17-33(27(36)23(15-16-24(30)34)32-28(37)38-29(4,5)6)25(22-14-13-19(2)18-20(22)3)26(35)31-21-11-9-8-10-12-21/h13-14,18,21,23,25H,7-12,15-17H2,1-6H3,(H2,30,34)(H,31,35)(H,32,37). The highest BCUT2D eigenvalue weighted by Gasteiger charge is 2.37. The van der Waals surface area contributed by atoms with Gasteiger partial charge in [-0.15, -0.1) is 0 Å². The van der Waals surface area contributed by atoms with E-state index in [1.165, 1.54) is 4.90 Å². The average Bonchev–Trinajstić information content (AvgIpc) is 2.81. The maximum Gasteiger partial charge on any atom is 0.408 e. The van der Waals surface area contributed by atoms with Crippen LogP contribution in [0.4, 0.5) is 4.79 Å². The van der Waals surface area contributed by atoms with E-state index < -0.39 is 35.6 Å². The Hall–Kier alpha value is -3.10. The molecule has 0 spiro atoms. The molecule has 0 radical (unpaired) electrons. The zero-order valence-electron chi connectivity index (χ0n) is 23.9. The first-order chi connectivity index (χ1) is 17.8. The van der Waals surface area contributed by atoms with Crippen LogP contribution in [-0.4, -0.2) is 52.9 Å². The van der Waals surface area contributed by atoms with Crippen LogP contribution < -0.4 is 16.4 Å². The van der Waals surface area contributed by atoms with E-state index in [1.807, 2.05) is 39.0 Å². The van der Waals surface area contributed by atoms with Gasteiger partial charge in [0, 0.05) is 19.0 Å². The number of rotatable bonds is 11. The van der Waals surface area contributed by atoms with Crippen LogP contribution in [0.3, 0.4) is 0 Å². The third-order valence-corrected chi connectivity index (χ3v) is 6.65. The van der Waals surface area contributed by atoms with E-state index in [0.29, 0.717) is 6.42 Å². The van der Waals surface area contributed by atoms with E-state index in [2.05, 4.69) is 10.6 Å². The van der Waals surface area contributed by atoms with Gasteiger partial charge in [-0.2, -0.15) is 0 Å². The van der Waals surface area contributed by atoms with E-state index >= 15 is 0 Å². The fourth-order valence-electron chi connectivity index (χ4n) is 4.91.